The van der Waals surface area contributed by atoms with E-state index in [0.29, 0.717) is 6.54 Å². The number of rotatable bonds is 14. The number of sulfonamides is 1. The summed E-state index contributed by atoms with van der Waals surface area (Å²) in [6.07, 6.45) is 1.94. The second-order valence-electron chi connectivity index (χ2n) is 10.8. The normalized spacial score (nSPS) is 11.9. The number of halogens is 2. The van der Waals surface area contributed by atoms with Gasteiger partial charge in [0.15, 0.2) is 0 Å². The fraction of sp³-hybridized carbons (Fsp3) is 0.257. The van der Waals surface area contributed by atoms with Gasteiger partial charge >= 0.3 is 0 Å². The van der Waals surface area contributed by atoms with E-state index in [1.54, 1.807) is 36.4 Å². The second kappa shape index (κ2) is 16.1. The first-order valence-corrected chi connectivity index (χ1v) is 17.4. The average Bonchev–Trinajstić information content (AvgIpc) is 3.03. The molecule has 10 heteroatoms. The van der Waals surface area contributed by atoms with E-state index in [0.717, 1.165) is 38.3 Å². The van der Waals surface area contributed by atoms with Gasteiger partial charge in [-0.15, -0.1) is 0 Å². The Morgan fingerprint density at radius 2 is 1.51 bits per heavy atom. The van der Waals surface area contributed by atoms with Gasteiger partial charge in [-0.2, -0.15) is 0 Å². The lowest BCUT2D eigenvalue weighted by molar-refractivity contribution is -0.140. The van der Waals surface area contributed by atoms with Gasteiger partial charge in [0.2, 0.25) is 11.8 Å². The monoisotopic (exact) mass is 709 g/mol. The van der Waals surface area contributed by atoms with E-state index in [-0.39, 0.29) is 34.5 Å². The van der Waals surface area contributed by atoms with Gasteiger partial charge in [-0.3, -0.25) is 13.9 Å². The van der Waals surface area contributed by atoms with Crippen molar-refractivity contribution in [2.75, 3.05) is 17.4 Å². The predicted octanol–water partition coefficient (Wildman–Crippen LogP) is 7.16. The largest absolute Gasteiger partial charge is 0.354 e. The van der Waals surface area contributed by atoms with Crippen LogP contribution >= 0.6 is 27.5 Å². The summed E-state index contributed by atoms with van der Waals surface area (Å²) in [5.74, 6) is -0.844. The van der Waals surface area contributed by atoms with E-state index in [9.17, 15) is 18.0 Å². The van der Waals surface area contributed by atoms with Gasteiger partial charge < -0.3 is 10.2 Å². The molecule has 0 heterocycles. The molecule has 0 radical (unpaired) electrons. The number of carbonyl (C=O) groups excluding carboxylic acids is 2. The molecule has 0 spiro atoms. The number of para-hydroxylation sites is 1. The van der Waals surface area contributed by atoms with E-state index in [4.69, 9.17) is 11.6 Å². The second-order valence-corrected chi connectivity index (χ2v) is 14.0. The van der Waals surface area contributed by atoms with Crippen molar-refractivity contribution in [3.8, 4) is 0 Å². The highest BCUT2D eigenvalue weighted by molar-refractivity contribution is 9.10. The van der Waals surface area contributed by atoms with Gasteiger partial charge in [0.25, 0.3) is 10.0 Å². The molecule has 0 aliphatic heterocycles. The Labute approximate surface area is 279 Å². The number of hydrogen-bond acceptors (Lipinski definition) is 4. The molecule has 1 atom stereocenters. The first kappa shape index (κ1) is 34.2. The van der Waals surface area contributed by atoms with Crippen molar-refractivity contribution in [3.05, 3.63) is 129 Å². The number of anilines is 1. The quantitative estimate of drug-likeness (QED) is 0.141. The third-order valence-corrected chi connectivity index (χ3v) is 10.00. The van der Waals surface area contributed by atoms with Gasteiger partial charge in [-0.25, -0.2) is 8.42 Å². The maximum atomic E-state index is 14.5. The zero-order chi connectivity index (χ0) is 32.4. The molecule has 0 bridgehead atoms. The fourth-order valence-electron chi connectivity index (χ4n) is 4.85. The molecule has 4 rings (SSSR count). The van der Waals surface area contributed by atoms with Crippen molar-refractivity contribution in [2.24, 2.45) is 0 Å². The Balaban J connectivity index is 1.79. The molecule has 236 valence electrons. The number of nitrogens with one attached hydrogen (secondary N) is 1. The molecule has 4 aromatic carbocycles. The number of amides is 2. The summed E-state index contributed by atoms with van der Waals surface area (Å²) in [6, 6.07) is 29.0. The van der Waals surface area contributed by atoms with Crippen LogP contribution in [0.15, 0.2) is 112 Å². The van der Waals surface area contributed by atoms with Crippen LogP contribution in [0, 0.1) is 6.92 Å². The minimum absolute atomic E-state index is 0.0263. The Morgan fingerprint density at radius 1 is 0.867 bits per heavy atom. The Kier molecular flexibility index (Phi) is 12.2. The van der Waals surface area contributed by atoms with Gasteiger partial charge in [-0.05, 0) is 60.9 Å². The van der Waals surface area contributed by atoms with Crippen molar-refractivity contribution in [1.29, 1.82) is 0 Å². The Hall–Kier alpha value is -3.66. The van der Waals surface area contributed by atoms with Crippen LogP contribution in [0.3, 0.4) is 0 Å². The molecule has 2 amide bonds. The van der Waals surface area contributed by atoms with Gasteiger partial charge in [-0.1, -0.05) is 113 Å². The molecule has 4 aromatic rings. The molecule has 0 aromatic heterocycles. The summed E-state index contributed by atoms with van der Waals surface area (Å²) in [7, 11) is -4.23. The summed E-state index contributed by atoms with van der Waals surface area (Å²) in [5, 5.41) is 3.18. The summed E-state index contributed by atoms with van der Waals surface area (Å²) in [4.78, 5) is 29.8. The van der Waals surface area contributed by atoms with E-state index in [2.05, 4.69) is 21.2 Å². The maximum absolute atomic E-state index is 14.5. The molecular weight excluding hydrogens is 674 g/mol. The highest BCUT2D eigenvalue weighted by Crippen LogP contribution is 2.31. The van der Waals surface area contributed by atoms with E-state index in [1.807, 2.05) is 68.4 Å². The van der Waals surface area contributed by atoms with Crippen LogP contribution in [0.25, 0.3) is 0 Å². The molecule has 0 fully saturated rings. The Bertz CT molecular complexity index is 1680. The third kappa shape index (κ3) is 9.19. The van der Waals surface area contributed by atoms with Crippen LogP contribution in [-0.2, 0) is 32.6 Å². The lowest BCUT2D eigenvalue weighted by Crippen LogP contribution is -2.53. The number of unbranched alkanes of at least 4 members (excludes halogenated alkanes) is 1. The van der Waals surface area contributed by atoms with Crippen molar-refractivity contribution in [3.63, 3.8) is 0 Å². The van der Waals surface area contributed by atoms with Crippen LogP contribution in [-0.4, -0.2) is 44.3 Å². The van der Waals surface area contributed by atoms with E-state index >= 15 is 0 Å². The molecule has 0 saturated heterocycles. The smallest absolute Gasteiger partial charge is 0.264 e. The van der Waals surface area contributed by atoms with E-state index in [1.165, 1.54) is 17.0 Å². The molecule has 45 heavy (non-hydrogen) atoms. The van der Waals surface area contributed by atoms with Crippen molar-refractivity contribution >= 4 is 55.1 Å². The molecule has 0 aliphatic carbocycles. The first-order valence-electron chi connectivity index (χ1n) is 14.8. The van der Waals surface area contributed by atoms with Gasteiger partial charge in [0.05, 0.1) is 15.6 Å². The van der Waals surface area contributed by atoms with E-state index < -0.39 is 28.5 Å². The molecule has 1 N–H and O–H groups in total. The Morgan fingerprint density at radius 3 is 2.16 bits per heavy atom. The average molecular weight is 711 g/mol. The van der Waals surface area contributed by atoms with Gasteiger partial charge in [0.1, 0.15) is 12.6 Å². The molecule has 0 aliphatic rings. The standard InChI is InChI=1S/C35H37BrClN3O4S/c1-3-4-22-38-35(42)33(23-27-10-6-5-7-11-27)39(24-28-16-18-29(36)19-17-28)34(41)25-40(32-13-9-8-12-31(32)37)45(43,44)30-20-14-26(2)15-21-30/h5-21,33H,3-4,22-25H2,1-2H3,(H,38,42)/t33-/m1/s1. The number of carbonyl (C=O) groups is 2. The zero-order valence-corrected chi connectivity index (χ0v) is 28.5. The predicted molar refractivity (Wildman–Crippen MR) is 184 cm³/mol. The summed E-state index contributed by atoms with van der Waals surface area (Å²) < 4.78 is 30.2. The van der Waals surface area contributed by atoms with Crippen molar-refractivity contribution in [1.82, 2.24) is 10.2 Å². The van der Waals surface area contributed by atoms with Crippen LogP contribution in [0.5, 0.6) is 0 Å². The van der Waals surface area contributed by atoms with Crippen LogP contribution in [0.4, 0.5) is 5.69 Å². The molecule has 0 unspecified atom stereocenters. The minimum Gasteiger partial charge on any atom is -0.354 e. The van der Waals surface area contributed by atoms with Crippen LogP contribution in [0.1, 0.15) is 36.5 Å². The van der Waals surface area contributed by atoms with Crippen molar-refractivity contribution in [2.45, 2.75) is 50.6 Å². The maximum Gasteiger partial charge on any atom is 0.264 e. The first-order chi connectivity index (χ1) is 21.6. The summed E-state index contributed by atoms with van der Waals surface area (Å²) in [6.45, 7) is 3.89. The SMILES string of the molecule is CCCCNC(=O)[C@@H](Cc1ccccc1)N(Cc1ccc(Br)cc1)C(=O)CN(c1ccccc1Cl)S(=O)(=O)c1ccc(C)cc1. The lowest BCUT2D eigenvalue weighted by Gasteiger charge is -2.34. The number of aryl methyl sites for hydroxylation is 1. The van der Waals surface area contributed by atoms with Crippen LogP contribution < -0.4 is 9.62 Å². The molecule has 7 nitrogen and oxygen atoms in total. The summed E-state index contributed by atoms with van der Waals surface area (Å²) in [5.41, 5.74) is 2.73. The van der Waals surface area contributed by atoms with Gasteiger partial charge in [0, 0.05) is 24.0 Å². The fourth-order valence-corrected chi connectivity index (χ4v) is 6.84. The third-order valence-electron chi connectivity index (χ3n) is 7.38. The number of benzene rings is 4. The molecular formula is C35H37BrClN3O4S. The van der Waals surface area contributed by atoms with Crippen molar-refractivity contribution < 1.29 is 18.0 Å². The zero-order valence-electron chi connectivity index (χ0n) is 25.3. The summed E-state index contributed by atoms with van der Waals surface area (Å²) >= 11 is 9.99. The minimum atomic E-state index is -4.23. The molecule has 0 saturated carbocycles. The highest BCUT2D eigenvalue weighted by Gasteiger charge is 2.35. The number of hydrogen-bond donors (Lipinski definition) is 1. The van der Waals surface area contributed by atoms with Crippen LogP contribution in [0.2, 0.25) is 5.02 Å². The highest BCUT2D eigenvalue weighted by atomic mass is 79.9. The topological polar surface area (TPSA) is 86.8 Å². The lowest BCUT2D eigenvalue weighted by atomic mass is 10.0. The number of nitrogens with zero attached hydrogens (tertiary/aromatic N) is 2.